The zero-order valence-corrected chi connectivity index (χ0v) is 14.6. The molecule has 6 heteroatoms. The van der Waals surface area contributed by atoms with E-state index in [1.165, 1.54) is 12.8 Å². The average Bonchev–Trinajstić information content (AvgIpc) is 2.73. The Bertz CT molecular complexity index is 922. The lowest BCUT2D eigenvalue weighted by Gasteiger charge is -2.36. The van der Waals surface area contributed by atoms with Gasteiger partial charge in [-0.25, -0.2) is 4.98 Å². The minimum atomic E-state index is -0.0483. The summed E-state index contributed by atoms with van der Waals surface area (Å²) in [6.07, 6.45) is 1.68. The summed E-state index contributed by atoms with van der Waals surface area (Å²) in [6.45, 7) is 2.95. The predicted octanol–water partition coefficient (Wildman–Crippen LogP) is 2.60. The van der Waals surface area contributed by atoms with Crippen molar-refractivity contribution in [3.63, 3.8) is 0 Å². The molecule has 0 aliphatic carbocycles. The summed E-state index contributed by atoms with van der Waals surface area (Å²) < 4.78 is 5.35. The molecule has 1 saturated heterocycles. The molecule has 1 fully saturated rings. The van der Waals surface area contributed by atoms with E-state index in [-0.39, 0.29) is 5.91 Å². The van der Waals surface area contributed by atoms with E-state index in [9.17, 15) is 4.79 Å². The van der Waals surface area contributed by atoms with Gasteiger partial charge in [-0.15, -0.1) is 0 Å². The molecule has 0 atom stereocenters. The van der Waals surface area contributed by atoms with Crippen LogP contribution in [0.5, 0.6) is 5.88 Å². The number of hydrogen-bond acceptors (Lipinski definition) is 5. The highest BCUT2D eigenvalue weighted by molar-refractivity contribution is 5.99. The Kier molecular flexibility index (Phi) is 4.39. The van der Waals surface area contributed by atoms with E-state index >= 15 is 0 Å². The maximum atomic E-state index is 13.0. The highest BCUT2D eigenvalue weighted by atomic mass is 16.5. The van der Waals surface area contributed by atoms with Crippen molar-refractivity contribution < 1.29 is 9.53 Å². The summed E-state index contributed by atoms with van der Waals surface area (Å²) in [5.74, 6) is 0.277. The van der Waals surface area contributed by atoms with E-state index < -0.39 is 0 Å². The van der Waals surface area contributed by atoms with Crippen molar-refractivity contribution in [1.29, 1.82) is 0 Å². The van der Waals surface area contributed by atoms with E-state index in [0.29, 0.717) is 30.2 Å². The summed E-state index contributed by atoms with van der Waals surface area (Å²) in [5, 5.41) is 0.833. The van der Waals surface area contributed by atoms with Gasteiger partial charge in [-0.1, -0.05) is 18.2 Å². The van der Waals surface area contributed by atoms with Crippen LogP contribution in [0.2, 0.25) is 0 Å². The first-order valence-corrected chi connectivity index (χ1v) is 8.65. The first-order chi connectivity index (χ1) is 12.8. The second-order valence-corrected chi connectivity index (χ2v) is 6.21. The second-order valence-electron chi connectivity index (χ2n) is 6.21. The van der Waals surface area contributed by atoms with E-state index in [4.69, 9.17) is 4.74 Å². The molecular weight excluding hydrogens is 328 g/mol. The van der Waals surface area contributed by atoms with Crippen LogP contribution in [0.4, 0.5) is 5.69 Å². The van der Waals surface area contributed by atoms with Gasteiger partial charge in [-0.05, 0) is 30.3 Å². The fourth-order valence-electron chi connectivity index (χ4n) is 3.27. The molecule has 1 aromatic carbocycles. The van der Waals surface area contributed by atoms with E-state index in [1.807, 2.05) is 41.3 Å². The normalized spacial score (nSPS) is 14.5. The van der Waals surface area contributed by atoms with Gasteiger partial charge in [-0.2, -0.15) is 4.98 Å². The molecule has 1 amide bonds. The van der Waals surface area contributed by atoms with Gasteiger partial charge in [0.1, 0.15) is 5.56 Å². The lowest BCUT2D eigenvalue weighted by atomic mass is 10.1. The second kappa shape index (κ2) is 7.00. The van der Waals surface area contributed by atoms with E-state index in [0.717, 1.165) is 18.5 Å². The first-order valence-electron chi connectivity index (χ1n) is 8.65. The fraction of sp³-hybridized carbons (Fsp3) is 0.250. The van der Waals surface area contributed by atoms with Gasteiger partial charge in [0.15, 0.2) is 5.65 Å². The van der Waals surface area contributed by atoms with Crippen LogP contribution in [0.3, 0.4) is 0 Å². The summed E-state index contributed by atoms with van der Waals surface area (Å²) in [6, 6.07) is 15.8. The topological polar surface area (TPSA) is 58.6 Å². The molecule has 3 aromatic rings. The van der Waals surface area contributed by atoms with E-state index in [2.05, 4.69) is 27.0 Å². The maximum absolute atomic E-state index is 13.0. The number of anilines is 1. The number of carbonyl (C=O) groups is 1. The van der Waals surface area contributed by atoms with Crippen LogP contribution in [-0.2, 0) is 0 Å². The van der Waals surface area contributed by atoms with Gasteiger partial charge < -0.3 is 14.5 Å². The van der Waals surface area contributed by atoms with Gasteiger partial charge in [0.05, 0.1) is 7.11 Å². The summed E-state index contributed by atoms with van der Waals surface area (Å²) in [4.78, 5) is 25.8. The Hall–Kier alpha value is -3.15. The number of ether oxygens (including phenoxy) is 1. The van der Waals surface area contributed by atoms with Crippen LogP contribution in [-0.4, -0.2) is 54.1 Å². The monoisotopic (exact) mass is 348 g/mol. The molecule has 0 radical (unpaired) electrons. The number of rotatable bonds is 3. The molecule has 0 bridgehead atoms. The lowest BCUT2D eigenvalue weighted by Crippen LogP contribution is -2.48. The molecule has 1 aliphatic heterocycles. The molecule has 0 spiro atoms. The average molecular weight is 348 g/mol. The molecule has 2 aromatic heterocycles. The van der Waals surface area contributed by atoms with Crippen LogP contribution in [0, 0.1) is 0 Å². The molecule has 4 rings (SSSR count). The number of amides is 1. The molecule has 132 valence electrons. The van der Waals surface area contributed by atoms with Crippen molar-refractivity contribution in [3.05, 3.63) is 60.3 Å². The number of aromatic nitrogens is 2. The third kappa shape index (κ3) is 3.06. The lowest BCUT2D eigenvalue weighted by molar-refractivity contribution is 0.0743. The minimum absolute atomic E-state index is 0.0483. The smallest absolute Gasteiger partial charge is 0.259 e. The molecule has 0 N–H and O–H groups in total. The Morgan fingerprint density at radius 2 is 1.81 bits per heavy atom. The third-order valence-electron chi connectivity index (χ3n) is 4.67. The van der Waals surface area contributed by atoms with Crippen LogP contribution in [0.15, 0.2) is 54.7 Å². The van der Waals surface area contributed by atoms with Crippen LogP contribution in [0.1, 0.15) is 10.4 Å². The molecule has 0 saturated carbocycles. The zero-order valence-electron chi connectivity index (χ0n) is 14.6. The number of piperazine rings is 1. The summed E-state index contributed by atoms with van der Waals surface area (Å²) in [5.41, 5.74) is 2.26. The maximum Gasteiger partial charge on any atom is 0.259 e. The Morgan fingerprint density at radius 3 is 2.54 bits per heavy atom. The Labute approximate surface area is 152 Å². The SMILES string of the molecule is COc1nc2ncccc2cc1C(=O)N1CCN(c2ccccc2)CC1. The van der Waals surface area contributed by atoms with Crippen LogP contribution in [0.25, 0.3) is 11.0 Å². The van der Waals surface area contributed by atoms with Crippen molar-refractivity contribution in [2.75, 3.05) is 38.2 Å². The fourth-order valence-corrected chi connectivity index (χ4v) is 3.27. The van der Waals surface area contributed by atoms with Gasteiger partial charge in [0, 0.05) is 43.4 Å². The number of methoxy groups -OCH3 is 1. The third-order valence-corrected chi connectivity index (χ3v) is 4.67. The summed E-state index contributed by atoms with van der Waals surface area (Å²) >= 11 is 0. The van der Waals surface area contributed by atoms with Crippen molar-refractivity contribution in [2.45, 2.75) is 0 Å². The molecule has 0 unspecified atom stereocenters. The highest BCUT2D eigenvalue weighted by Crippen LogP contribution is 2.24. The summed E-state index contributed by atoms with van der Waals surface area (Å²) in [7, 11) is 1.53. The van der Waals surface area contributed by atoms with Crippen molar-refractivity contribution >= 4 is 22.6 Å². The number of fused-ring (bicyclic) bond motifs is 1. The minimum Gasteiger partial charge on any atom is -0.480 e. The number of pyridine rings is 2. The van der Waals surface area contributed by atoms with Crippen molar-refractivity contribution in [3.8, 4) is 5.88 Å². The van der Waals surface area contributed by atoms with Crippen LogP contribution < -0.4 is 9.64 Å². The van der Waals surface area contributed by atoms with Gasteiger partial charge in [0.2, 0.25) is 5.88 Å². The van der Waals surface area contributed by atoms with Crippen molar-refractivity contribution in [1.82, 2.24) is 14.9 Å². The standard InChI is InChI=1S/C20H20N4O2/c1-26-19-17(14-15-6-5-9-21-18(15)22-19)20(25)24-12-10-23(11-13-24)16-7-3-2-4-8-16/h2-9,14H,10-13H2,1H3. The largest absolute Gasteiger partial charge is 0.480 e. The number of hydrogen-bond donors (Lipinski definition) is 0. The zero-order chi connectivity index (χ0) is 17.9. The van der Waals surface area contributed by atoms with Crippen LogP contribution >= 0.6 is 0 Å². The Balaban J connectivity index is 1.54. The number of para-hydroxylation sites is 1. The van der Waals surface area contributed by atoms with Gasteiger partial charge >= 0.3 is 0 Å². The van der Waals surface area contributed by atoms with Gasteiger partial charge in [0.25, 0.3) is 5.91 Å². The molecule has 26 heavy (non-hydrogen) atoms. The molecule has 3 heterocycles. The number of carbonyl (C=O) groups excluding carboxylic acids is 1. The van der Waals surface area contributed by atoms with Gasteiger partial charge in [-0.3, -0.25) is 4.79 Å². The predicted molar refractivity (Wildman–Crippen MR) is 101 cm³/mol. The molecular formula is C20H20N4O2. The first kappa shape index (κ1) is 16.3. The van der Waals surface area contributed by atoms with E-state index in [1.54, 1.807) is 6.20 Å². The number of nitrogens with zero attached hydrogens (tertiary/aromatic N) is 4. The Morgan fingerprint density at radius 1 is 1.04 bits per heavy atom. The van der Waals surface area contributed by atoms with Crippen molar-refractivity contribution in [2.24, 2.45) is 0 Å². The highest BCUT2D eigenvalue weighted by Gasteiger charge is 2.25. The molecule has 1 aliphatic rings. The molecule has 6 nitrogen and oxygen atoms in total. The quantitative estimate of drug-likeness (QED) is 0.728. The number of benzene rings is 1.